The highest BCUT2D eigenvalue weighted by Crippen LogP contribution is 2.19. The van der Waals surface area contributed by atoms with Crippen LogP contribution in [0, 0.1) is 5.92 Å². The van der Waals surface area contributed by atoms with Gasteiger partial charge in [0.2, 0.25) is 0 Å². The van der Waals surface area contributed by atoms with E-state index in [1.54, 1.807) is 29.6 Å². The minimum absolute atomic E-state index is 0.121. The number of rotatable bonds is 8. The number of H-pyrrole nitrogens is 1. The fourth-order valence-electron chi connectivity index (χ4n) is 2.70. The zero-order valence-electron chi connectivity index (χ0n) is 23.3. The van der Waals surface area contributed by atoms with Crippen molar-refractivity contribution in [2.24, 2.45) is 10.9 Å². The van der Waals surface area contributed by atoms with E-state index in [0.717, 1.165) is 28.6 Å². The molecule has 3 heterocycles. The maximum atomic E-state index is 5.85. The van der Waals surface area contributed by atoms with Crippen molar-refractivity contribution < 1.29 is 9.53 Å². The Balaban J connectivity index is 0.000000357. The summed E-state index contributed by atoms with van der Waals surface area (Å²) < 4.78 is 5.85. The molecule has 0 aliphatic carbocycles. The first-order chi connectivity index (χ1) is 18.0. The fraction of sp³-hybridized carbons (Fsp3) is 0.310. The van der Waals surface area contributed by atoms with Crippen molar-refractivity contribution in [3.63, 3.8) is 0 Å². The molecule has 1 N–H and O–H groups in total. The van der Waals surface area contributed by atoms with Crippen molar-refractivity contribution in [2.45, 2.75) is 55.4 Å². The molecule has 0 saturated heterocycles. The van der Waals surface area contributed by atoms with Gasteiger partial charge in [-0.3, -0.25) is 15.0 Å². The van der Waals surface area contributed by atoms with Crippen molar-refractivity contribution in [2.75, 3.05) is 0 Å². The highest BCUT2D eigenvalue weighted by molar-refractivity contribution is 5.86. The molecule has 1 atom stereocenters. The van der Waals surface area contributed by atoms with Gasteiger partial charge in [-0.15, -0.1) is 0 Å². The van der Waals surface area contributed by atoms with Crippen LogP contribution in [0.4, 0.5) is 0 Å². The number of ether oxygens (including phenoxy) is 1. The van der Waals surface area contributed by atoms with E-state index in [9.17, 15) is 0 Å². The molecule has 1 unspecified atom stereocenters. The second kappa shape index (κ2) is 18.1. The van der Waals surface area contributed by atoms with Gasteiger partial charge in [0.15, 0.2) is 0 Å². The Kier molecular flexibility index (Phi) is 15.1. The molecule has 37 heavy (non-hydrogen) atoms. The molecule has 3 aromatic rings. The summed E-state index contributed by atoms with van der Waals surface area (Å²) in [4.78, 5) is 14.3. The average Bonchev–Trinajstić information content (AvgIpc) is 3.46. The quantitative estimate of drug-likeness (QED) is 0.162. The number of nitrogens with zero attached hydrogens (tertiary/aromatic N) is 6. The highest BCUT2D eigenvalue weighted by Gasteiger charge is 2.15. The Morgan fingerprint density at radius 1 is 1.03 bits per heavy atom. The van der Waals surface area contributed by atoms with E-state index in [1.807, 2.05) is 109 Å². The summed E-state index contributed by atoms with van der Waals surface area (Å²) in [5, 5.41) is 11.2. The van der Waals surface area contributed by atoms with Crippen LogP contribution in [0.5, 0.6) is 5.75 Å². The SMILES string of the molecule is C/C=C(\C)[n+]1nc(-c2ccccn2)n[nH]1.C/C=C\C=C/N=C(C)C(C)/C(=C\C)Oc1cccnc1.CC. The molecule has 0 fully saturated rings. The first-order valence-electron chi connectivity index (χ1n) is 12.5. The van der Waals surface area contributed by atoms with E-state index >= 15 is 0 Å². The van der Waals surface area contributed by atoms with E-state index < -0.39 is 0 Å². The zero-order chi connectivity index (χ0) is 27.5. The maximum Gasteiger partial charge on any atom is 0.357 e. The third-order valence-corrected chi connectivity index (χ3v) is 4.97. The molecule has 0 amide bonds. The van der Waals surface area contributed by atoms with Gasteiger partial charge in [0.05, 0.1) is 17.2 Å². The van der Waals surface area contributed by atoms with Crippen molar-refractivity contribution in [3.8, 4) is 17.3 Å². The van der Waals surface area contributed by atoms with Gasteiger partial charge < -0.3 is 4.74 Å². The van der Waals surface area contributed by atoms with Gasteiger partial charge in [-0.05, 0) is 85.3 Å². The second-order valence-corrected chi connectivity index (χ2v) is 7.43. The summed E-state index contributed by atoms with van der Waals surface area (Å²) in [6.45, 7) is 15.9. The molecule has 0 bridgehead atoms. The van der Waals surface area contributed by atoms with Gasteiger partial charge in [0, 0.05) is 31.2 Å². The van der Waals surface area contributed by atoms with Crippen LogP contribution >= 0.6 is 0 Å². The van der Waals surface area contributed by atoms with Gasteiger partial charge in [-0.1, -0.05) is 39.0 Å². The van der Waals surface area contributed by atoms with Gasteiger partial charge in [-0.2, -0.15) is 0 Å². The molecule has 3 aromatic heterocycles. The van der Waals surface area contributed by atoms with E-state index in [-0.39, 0.29) is 5.92 Å². The van der Waals surface area contributed by atoms with Gasteiger partial charge in [0.25, 0.3) is 0 Å². The van der Waals surface area contributed by atoms with Crippen LogP contribution < -0.4 is 9.53 Å². The molecular weight excluding hydrogens is 462 g/mol. The van der Waals surface area contributed by atoms with E-state index in [2.05, 4.69) is 37.3 Å². The largest absolute Gasteiger partial charge is 0.460 e. The first-order valence-corrected chi connectivity index (χ1v) is 12.5. The van der Waals surface area contributed by atoms with E-state index in [4.69, 9.17) is 4.74 Å². The summed E-state index contributed by atoms with van der Waals surface area (Å²) in [6.07, 6.45) is 16.7. The van der Waals surface area contributed by atoms with E-state index in [0.29, 0.717) is 5.82 Å². The van der Waals surface area contributed by atoms with Crippen LogP contribution in [0.15, 0.2) is 96.3 Å². The Bertz CT molecular complexity index is 1180. The number of aromatic nitrogens is 6. The average molecular weight is 503 g/mol. The molecule has 0 saturated carbocycles. The lowest BCUT2D eigenvalue weighted by molar-refractivity contribution is -0.703. The molecule has 0 aliphatic heterocycles. The number of hydrogen-bond acceptors (Lipinski definition) is 6. The molecule has 3 rings (SSSR count). The van der Waals surface area contributed by atoms with Crippen molar-refractivity contribution >= 4 is 11.4 Å². The topological polar surface area (TPSA) is 92.8 Å². The predicted octanol–water partition coefficient (Wildman–Crippen LogP) is 6.61. The standard InChI is InChI=1S/C17H22N2O.C10H11N5.C2H6/c1-5-7-8-12-19-15(4)14(3)17(6-2)20-16-10-9-11-18-13-16;1-3-8(2)15-13-10(12-14-15)9-6-4-5-7-11-9;1-2/h5-14H,1-4H3;3-7H,1-2H3;1-2H3/p+1/b7-5-,12-8-,17-6+,19-15?;8-3+;. The fourth-order valence-corrected chi connectivity index (χ4v) is 2.70. The molecule has 0 aliphatic rings. The number of pyridine rings is 2. The van der Waals surface area contributed by atoms with Crippen molar-refractivity contribution in [1.29, 1.82) is 0 Å². The molecule has 8 nitrogen and oxygen atoms in total. The van der Waals surface area contributed by atoms with E-state index in [1.165, 1.54) is 0 Å². The van der Waals surface area contributed by atoms with Crippen LogP contribution in [-0.2, 0) is 0 Å². The lowest BCUT2D eigenvalue weighted by Gasteiger charge is -2.16. The maximum absolute atomic E-state index is 5.85. The number of aliphatic imine (C=N–C) groups is 1. The summed E-state index contributed by atoms with van der Waals surface area (Å²) >= 11 is 0. The summed E-state index contributed by atoms with van der Waals surface area (Å²) in [6, 6.07) is 9.39. The number of hydrogen-bond donors (Lipinski definition) is 1. The Morgan fingerprint density at radius 2 is 1.81 bits per heavy atom. The molecule has 0 spiro atoms. The molecule has 196 valence electrons. The number of allylic oxidation sites excluding steroid dienone is 7. The van der Waals surface area contributed by atoms with Crippen LogP contribution in [0.2, 0.25) is 0 Å². The van der Waals surface area contributed by atoms with Gasteiger partial charge >= 0.3 is 5.82 Å². The summed E-state index contributed by atoms with van der Waals surface area (Å²) in [5.41, 5.74) is 2.75. The lowest BCUT2D eigenvalue weighted by Crippen LogP contribution is -2.36. The smallest absolute Gasteiger partial charge is 0.357 e. The van der Waals surface area contributed by atoms with Crippen LogP contribution in [0.1, 0.15) is 55.4 Å². The van der Waals surface area contributed by atoms with Gasteiger partial charge in [0.1, 0.15) is 22.9 Å². The molecule has 0 radical (unpaired) electrons. The minimum Gasteiger partial charge on any atom is -0.460 e. The Hall–Kier alpha value is -4.20. The van der Waals surface area contributed by atoms with Crippen LogP contribution in [0.3, 0.4) is 0 Å². The number of tetrazole rings is 1. The molecular formula is C29H40N7O+. The minimum atomic E-state index is 0.121. The Labute approximate surface area is 221 Å². The third kappa shape index (κ3) is 10.9. The van der Waals surface area contributed by atoms with Crippen molar-refractivity contribution in [3.05, 3.63) is 91.3 Å². The normalized spacial score (nSPS) is 13.0. The number of nitrogens with one attached hydrogen (secondary N) is 1. The lowest BCUT2D eigenvalue weighted by atomic mass is 10.0. The van der Waals surface area contributed by atoms with Crippen LogP contribution in [-0.4, -0.2) is 31.1 Å². The first kappa shape index (κ1) is 30.8. The second-order valence-electron chi connectivity index (χ2n) is 7.43. The molecule has 8 heteroatoms. The van der Waals surface area contributed by atoms with Crippen molar-refractivity contribution in [1.82, 2.24) is 25.4 Å². The zero-order valence-corrected chi connectivity index (χ0v) is 23.3. The Morgan fingerprint density at radius 3 is 2.41 bits per heavy atom. The molecule has 0 aromatic carbocycles. The highest BCUT2D eigenvalue weighted by atomic mass is 16.5. The summed E-state index contributed by atoms with van der Waals surface area (Å²) in [5.74, 6) is 2.33. The van der Waals surface area contributed by atoms with Crippen LogP contribution in [0.25, 0.3) is 17.2 Å². The monoisotopic (exact) mass is 502 g/mol. The number of aromatic amines is 1. The van der Waals surface area contributed by atoms with Gasteiger partial charge in [-0.25, -0.2) is 0 Å². The third-order valence-electron chi connectivity index (χ3n) is 4.97. The predicted molar refractivity (Wildman–Crippen MR) is 152 cm³/mol. The summed E-state index contributed by atoms with van der Waals surface area (Å²) in [7, 11) is 0.